The van der Waals surface area contributed by atoms with Gasteiger partial charge in [-0.2, -0.15) is 0 Å². The van der Waals surface area contributed by atoms with E-state index in [2.05, 4.69) is 29.5 Å². The second kappa shape index (κ2) is 13.7. The topological polar surface area (TPSA) is 52.6 Å². The van der Waals surface area contributed by atoms with E-state index in [4.69, 9.17) is 9.47 Å². The molecule has 0 fully saturated rings. The first-order valence-electron chi connectivity index (χ1n) is 9.78. The zero-order chi connectivity index (χ0) is 18.5. The van der Waals surface area contributed by atoms with Crippen LogP contribution in [0.2, 0.25) is 0 Å². The summed E-state index contributed by atoms with van der Waals surface area (Å²) in [6, 6.07) is 0. The van der Waals surface area contributed by atoms with Crippen molar-refractivity contribution < 1.29 is 19.1 Å². The van der Waals surface area contributed by atoms with E-state index in [1.165, 1.54) is 25.7 Å². The van der Waals surface area contributed by atoms with Crippen molar-refractivity contribution >= 4 is 34.3 Å². The number of halogens is 1. The van der Waals surface area contributed by atoms with Gasteiger partial charge in [0, 0.05) is 16.6 Å². The van der Waals surface area contributed by atoms with Crippen molar-refractivity contribution in [2.24, 2.45) is 5.92 Å². The standard InChI is InChI=1S/C20H33IO4/c1-3-5-6-7-9-12-16-18(22)15-17(21)20(16)25-14-11-8-10-13-19(23)24-4-2/h15-16,20H,3-14H2,1-2H3. The maximum atomic E-state index is 12.2. The van der Waals surface area contributed by atoms with Crippen LogP contribution in [-0.4, -0.2) is 31.1 Å². The molecule has 0 aliphatic heterocycles. The van der Waals surface area contributed by atoms with Gasteiger partial charge in [0.1, 0.15) is 0 Å². The number of ketones is 1. The molecule has 0 N–H and O–H groups in total. The molecule has 0 aromatic rings. The molecule has 2 atom stereocenters. The molecule has 0 aromatic carbocycles. The number of hydrogen-bond acceptors (Lipinski definition) is 4. The van der Waals surface area contributed by atoms with Crippen LogP contribution in [0, 0.1) is 5.92 Å². The fraction of sp³-hybridized carbons (Fsp3) is 0.800. The van der Waals surface area contributed by atoms with E-state index in [-0.39, 0.29) is 23.8 Å². The maximum absolute atomic E-state index is 12.2. The highest BCUT2D eigenvalue weighted by Crippen LogP contribution is 2.33. The number of hydrogen-bond donors (Lipinski definition) is 0. The fourth-order valence-corrected chi connectivity index (χ4v) is 4.04. The largest absolute Gasteiger partial charge is 0.466 e. The van der Waals surface area contributed by atoms with Crippen LogP contribution in [0.3, 0.4) is 0 Å². The fourth-order valence-electron chi connectivity index (χ4n) is 3.12. The van der Waals surface area contributed by atoms with Gasteiger partial charge in [-0.3, -0.25) is 9.59 Å². The molecule has 0 amide bonds. The quantitative estimate of drug-likeness (QED) is 0.197. The van der Waals surface area contributed by atoms with Crippen LogP contribution in [0.4, 0.5) is 0 Å². The Kier molecular flexibility index (Phi) is 12.4. The van der Waals surface area contributed by atoms with Crippen LogP contribution in [0.25, 0.3) is 0 Å². The Bertz CT molecular complexity index is 433. The van der Waals surface area contributed by atoms with Crippen molar-refractivity contribution in [3.8, 4) is 0 Å². The summed E-state index contributed by atoms with van der Waals surface area (Å²) in [5, 5.41) is 0. The van der Waals surface area contributed by atoms with Gasteiger partial charge in [-0.05, 0) is 54.9 Å². The number of rotatable bonds is 14. The van der Waals surface area contributed by atoms with Crippen molar-refractivity contribution in [3.63, 3.8) is 0 Å². The van der Waals surface area contributed by atoms with E-state index in [0.29, 0.717) is 19.6 Å². The number of allylic oxidation sites excluding steroid dienone is 1. The highest BCUT2D eigenvalue weighted by Gasteiger charge is 2.35. The van der Waals surface area contributed by atoms with Gasteiger partial charge in [0.05, 0.1) is 18.6 Å². The second-order valence-electron chi connectivity index (χ2n) is 6.65. The lowest BCUT2D eigenvalue weighted by molar-refractivity contribution is -0.143. The predicted octanol–water partition coefficient (Wildman–Crippen LogP) is 5.37. The number of unbranched alkanes of at least 4 members (excludes halogenated alkanes) is 6. The van der Waals surface area contributed by atoms with Gasteiger partial charge in [0.2, 0.25) is 0 Å². The molecule has 0 heterocycles. The van der Waals surface area contributed by atoms with Crippen molar-refractivity contribution in [1.82, 2.24) is 0 Å². The van der Waals surface area contributed by atoms with E-state index < -0.39 is 0 Å². The molecule has 0 saturated carbocycles. The molecule has 0 radical (unpaired) electrons. The first-order chi connectivity index (χ1) is 12.1. The Morgan fingerprint density at radius 2 is 1.80 bits per heavy atom. The number of carbonyl (C=O) groups excluding carboxylic acids is 2. The molecule has 0 spiro atoms. The summed E-state index contributed by atoms with van der Waals surface area (Å²) in [5.74, 6) is 0.116. The summed E-state index contributed by atoms with van der Waals surface area (Å²) < 4.78 is 12.0. The van der Waals surface area contributed by atoms with Gasteiger partial charge >= 0.3 is 5.97 Å². The van der Waals surface area contributed by atoms with Gasteiger partial charge in [-0.1, -0.05) is 45.4 Å². The minimum atomic E-state index is -0.120. The van der Waals surface area contributed by atoms with Gasteiger partial charge in [-0.25, -0.2) is 0 Å². The lowest BCUT2D eigenvalue weighted by Crippen LogP contribution is -2.25. The number of ether oxygens (including phenoxy) is 2. The number of esters is 1. The summed E-state index contributed by atoms with van der Waals surface area (Å²) >= 11 is 2.24. The molecule has 1 aliphatic rings. The Labute approximate surface area is 166 Å². The van der Waals surface area contributed by atoms with E-state index in [9.17, 15) is 9.59 Å². The van der Waals surface area contributed by atoms with E-state index in [1.807, 2.05) is 6.92 Å². The van der Waals surface area contributed by atoms with Crippen LogP contribution in [-0.2, 0) is 19.1 Å². The normalized spacial score (nSPS) is 20.0. The minimum absolute atomic E-state index is 0.00746. The lowest BCUT2D eigenvalue weighted by Gasteiger charge is -2.20. The van der Waals surface area contributed by atoms with Crippen molar-refractivity contribution in [1.29, 1.82) is 0 Å². The molecule has 1 aliphatic carbocycles. The summed E-state index contributed by atoms with van der Waals surface area (Å²) in [5.41, 5.74) is 0. The molecule has 25 heavy (non-hydrogen) atoms. The molecule has 144 valence electrons. The first-order valence-corrected chi connectivity index (χ1v) is 10.9. The third-order valence-corrected chi connectivity index (χ3v) is 5.45. The predicted molar refractivity (Wildman–Crippen MR) is 109 cm³/mol. The Hall–Kier alpha value is -0.430. The van der Waals surface area contributed by atoms with Crippen LogP contribution in [0.1, 0.15) is 78.1 Å². The first kappa shape index (κ1) is 22.6. The monoisotopic (exact) mass is 464 g/mol. The average molecular weight is 464 g/mol. The van der Waals surface area contributed by atoms with Crippen molar-refractivity contribution in [2.45, 2.75) is 84.2 Å². The maximum Gasteiger partial charge on any atom is 0.305 e. The lowest BCUT2D eigenvalue weighted by atomic mass is 9.95. The Morgan fingerprint density at radius 3 is 2.52 bits per heavy atom. The van der Waals surface area contributed by atoms with Gasteiger partial charge in [0.15, 0.2) is 5.78 Å². The molecule has 2 unspecified atom stereocenters. The van der Waals surface area contributed by atoms with E-state index in [0.717, 1.165) is 35.7 Å². The minimum Gasteiger partial charge on any atom is -0.466 e. The third-order valence-electron chi connectivity index (χ3n) is 4.53. The second-order valence-corrected chi connectivity index (χ2v) is 7.89. The van der Waals surface area contributed by atoms with Crippen LogP contribution in [0.5, 0.6) is 0 Å². The molecular formula is C20H33IO4. The van der Waals surface area contributed by atoms with E-state index >= 15 is 0 Å². The Morgan fingerprint density at radius 1 is 1.08 bits per heavy atom. The molecule has 0 aromatic heterocycles. The van der Waals surface area contributed by atoms with Gasteiger partial charge in [-0.15, -0.1) is 0 Å². The molecule has 5 heteroatoms. The van der Waals surface area contributed by atoms with Gasteiger partial charge < -0.3 is 9.47 Å². The van der Waals surface area contributed by atoms with E-state index in [1.54, 1.807) is 6.08 Å². The molecule has 4 nitrogen and oxygen atoms in total. The third kappa shape index (κ3) is 9.18. The van der Waals surface area contributed by atoms with Crippen molar-refractivity contribution in [3.05, 3.63) is 9.66 Å². The zero-order valence-corrected chi connectivity index (χ0v) is 17.9. The van der Waals surface area contributed by atoms with Crippen LogP contribution < -0.4 is 0 Å². The highest BCUT2D eigenvalue weighted by molar-refractivity contribution is 14.1. The van der Waals surface area contributed by atoms with Crippen molar-refractivity contribution in [2.75, 3.05) is 13.2 Å². The summed E-state index contributed by atoms with van der Waals surface area (Å²) in [4.78, 5) is 23.4. The molecule has 1 rings (SSSR count). The van der Waals surface area contributed by atoms with Crippen LogP contribution in [0.15, 0.2) is 9.66 Å². The Balaban J connectivity index is 2.21. The summed E-state index contributed by atoms with van der Waals surface area (Å²) in [6.07, 6.45) is 11.9. The van der Waals surface area contributed by atoms with Crippen LogP contribution >= 0.6 is 22.6 Å². The summed E-state index contributed by atoms with van der Waals surface area (Å²) in [7, 11) is 0. The molecule has 0 saturated heterocycles. The highest BCUT2D eigenvalue weighted by atomic mass is 127. The smallest absolute Gasteiger partial charge is 0.305 e. The number of carbonyl (C=O) groups is 2. The summed E-state index contributed by atoms with van der Waals surface area (Å²) in [6.45, 7) is 5.13. The molecular weight excluding hydrogens is 431 g/mol. The SMILES string of the molecule is CCCCCCCC1C(=O)C=C(I)C1OCCCCCC(=O)OCC. The average Bonchev–Trinajstić information content (AvgIpc) is 2.84. The van der Waals surface area contributed by atoms with Gasteiger partial charge in [0.25, 0.3) is 0 Å². The zero-order valence-electron chi connectivity index (χ0n) is 15.7. The molecule has 0 bridgehead atoms.